The van der Waals surface area contributed by atoms with Crippen LogP contribution in [0.5, 0.6) is 0 Å². The van der Waals surface area contributed by atoms with Gasteiger partial charge < -0.3 is 5.32 Å². The molecule has 6 heteroatoms. The van der Waals surface area contributed by atoms with Gasteiger partial charge in [-0.2, -0.15) is 0 Å². The number of anilines is 1. The highest BCUT2D eigenvalue weighted by atomic mass is 15.1. The third-order valence-electron chi connectivity index (χ3n) is 5.10. The number of hydrogen-bond donors (Lipinski definition) is 1. The van der Waals surface area contributed by atoms with Gasteiger partial charge in [0.25, 0.3) is 0 Å². The first-order valence-electron chi connectivity index (χ1n) is 10.3. The van der Waals surface area contributed by atoms with Crippen LogP contribution in [0.1, 0.15) is 11.3 Å². The van der Waals surface area contributed by atoms with Gasteiger partial charge in [-0.3, -0.25) is 9.38 Å². The fraction of sp³-hybridized carbons (Fsp3) is 0.120. The van der Waals surface area contributed by atoms with Crippen LogP contribution in [-0.2, 0) is 6.42 Å². The Morgan fingerprint density at radius 3 is 2.55 bits per heavy atom. The van der Waals surface area contributed by atoms with E-state index >= 15 is 0 Å². The van der Waals surface area contributed by atoms with Gasteiger partial charge in [0.1, 0.15) is 17.0 Å². The summed E-state index contributed by atoms with van der Waals surface area (Å²) in [5.74, 6) is 0.600. The number of nitrogens with zero attached hydrogens (tertiary/aromatic N) is 5. The predicted octanol–water partition coefficient (Wildman–Crippen LogP) is 4.82. The van der Waals surface area contributed by atoms with Crippen LogP contribution in [0.2, 0.25) is 0 Å². The maximum atomic E-state index is 4.85. The summed E-state index contributed by atoms with van der Waals surface area (Å²) in [5, 5.41) is 3.34. The predicted molar refractivity (Wildman–Crippen MR) is 123 cm³/mol. The van der Waals surface area contributed by atoms with Crippen LogP contribution in [-0.4, -0.2) is 30.9 Å². The molecule has 4 aromatic heterocycles. The zero-order valence-electron chi connectivity index (χ0n) is 17.2. The second-order valence-corrected chi connectivity index (χ2v) is 7.33. The lowest BCUT2D eigenvalue weighted by atomic mass is 10.1. The summed E-state index contributed by atoms with van der Waals surface area (Å²) < 4.78 is 2.05. The first-order chi connectivity index (χ1) is 15.3. The van der Waals surface area contributed by atoms with Crippen molar-refractivity contribution < 1.29 is 0 Å². The van der Waals surface area contributed by atoms with E-state index in [9.17, 15) is 0 Å². The highest BCUT2D eigenvalue weighted by molar-refractivity contribution is 5.79. The molecule has 0 aliphatic carbocycles. The Morgan fingerprint density at radius 2 is 1.68 bits per heavy atom. The summed E-state index contributed by atoms with van der Waals surface area (Å²) in [6.45, 7) is 2.74. The Hall–Kier alpha value is -4.06. The Labute approximate surface area is 180 Å². The van der Waals surface area contributed by atoms with E-state index in [4.69, 9.17) is 15.0 Å². The average molecular weight is 406 g/mol. The molecule has 31 heavy (non-hydrogen) atoms. The van der Waals surface area contributed by atoms with Crippen LogP contribution in [0.25, 0.3) is 28.4 Å². The molecule has 5 rings (SSSR count). The monoisotopic (exact) mass is 406 g/mol. The fourth-order valence-corrected chi connectivity index (χ4v) is 3.63. The smallest absolute Gasteiger partial charge is 0.223 e. The Morgan fingerprint density at radius 1 is 0.806 bits per heavy atom. The van der Waals surface area contributed by atoms with Gasteiger partial charge in [0.15, 0.2) is 0 Å². The number of pyridine rings is 2. The van der Waals surface area contributed by atoms with Crippen LogP contribution >= 0.6 is 0 Å². The van der Waals surface area contributed by atoms with Crippen molar-refractivity contribution in [3.8, 4) is 22.8 Å². The molecule has 0 atom stereocenters. The second kappa shape index (κ2) is 8.36. The largest absolute Gasteiger partial charge is 0.354 e. The maximum absolute atomic E-state index is 4.85. The molecule has 4 heterocycles. The summed E-state index contributed by atoms with van der Waals surface area (Å²) in [7, 11) is 0. The van der Waals surface area contributed by atoms with E-state index in [2.05, 4.69) is 39.0 Å². The van der Waals surface area contributed by atoms with Gasteiger partial charge in [-0.25, -0.2) is 15.0 Å². The zero-order valence-corrected chi connectivity index (χ0v) is 17.2. The third-order valence-corrected chi connectivity index (χ3v) is 5.10. The highest BCUT2D eigenvalue weighted by Crippen LogP contribution is 2.31. The van der Waals surface area contributed by atoms with E-state index < -0.39 is 0 Å². The number of aryl methyl sites for hydroxylation is 1. The van der Waals surface area contributed by atoms with Crippen molar-refractivity contribution >= 4 is 11.6 Å². The molecule has 1 aromatic carbocycles. The van der Waals surface area contributed by atoms with E-state index in [1.807, 2.05) is 61.7 Å². The third kappa shape index (κ3) is 4.00. The molecule has 0 saturated carbocycles. The number of aromatic nitrogens is 5. The minimum absolute atomic E-state index is 0.600. The van der Waals surface area contributed by atoms with Crippen LogP contribution in [0, 0.1) is 6.92 Å². The molecule has 0 spiro atoms. The molecule has 0 saturated heterocycles. The van der Waals surface area contributed by atoms with E-state index in [0.717, 1.165) is 47.1 Å². The molecule has 6 nitrogen and oxygen atoms in total. The molecule has 0 bridgehead atoms. The Kier molecular flexibility index (Phi) is 5.10. The van der Waals surface area contributed by atoms with E-state index in [-0.39, 0.29) is 0 Å². The topological polar surface area (TPSA) is 68.0 Å². The minimum atomic E-state index is 0.600. The number of imidazole rings is 1. The van der Waals surface area contributed by atoms with Crippen molar-refractivity contribution in [2.24, 2.45) is 0 Å². The van der Waals surface area contributed by atoms with Crippen LogP contribution in [0.3, 0.4) is 0 Å². The van der Waals surface area contributed by atoms with Crippen LogP contribution in [0.4, 0.5) is 5.95 Å². The van der Waals surface area contributed by atoms with Crippen LogP contribution in [0.15, 0.2) is 85.2 Å². The van der Waals surface area contributed by atoms with Crippen LogP contribution < -0.4 is 5.32 Å². The lowest BCUT2D eigenvalue weighted by molar-refractivity contribution is 0.983. The Balaban J connectivity index is 1.50. The first kappa shape index (κ1) is 18.9. The summed E-state index contributed by atoms with van der Waals surface area (Å²) >= 11 is 0. The number of nitrogens with one attached hydrogen (secondary N) is 1. The number of rotatable bonds is 6. The molecule has 0 amide bonds. The highest BCUT2D eigenvalue weighted by Gasteiger charge is 2.18. The summed E-state index contributed by atoms with van der Waals surface area (Å²) in [4.78, 5) is 18.8. The van der Waals surface area contributed by atoms with Crippen molar-refractivity contribution in [3.63, 3.8) is 0 Å². The molecule has 0 aliphatic rings. The van der Waals surface area contributed by atoms with Gasteiger partial charge in [-0.05, 0) is 49.2 Å². The van der Waals surface area contributed by atoms with Crippen molar-refractivity contribution in [2.45, 2.75) is 13.3 Å². The molecule has 0 fully saturated rings. The normalized spacial score (nSPS) is 11.0. The SMILES string of the molecule is Cc1cccc(-c2nc3ccccn3c2-c2ccnc(NCCc3ccccc3)n2)n1. The van der Waals surface area contributed by atoms with Gasteiger partial charge in [-0.15, -0.1) is 0 Å². The first-order valence-corrected chi connectivity index (χ1v) is 10.3. The number of benzene rings is 1. The van der Waals surface area contributed by atoms with Gasteiger partial charge in [0.2, 0.25) is 5.95 Å². The molecule has 1 N–H and O–H groups in total. The molecular formula is C25H22N6. The zero-order chi connectivity index (χ0) is 21.0. The van der Waals surface area contributed by atoms with Crippen molar-refractivity contribution in [3.05, 3.63) is 96.4 Å². The van der Waals surface area contributed by atoms with Crippen molar-refractivity contribution in [1.82, 2.24) is 24.3 Å². The van der Waals surface area contributed by atoms with Gasteiger partial charge in [0, 0.05) is 24.6 Å². The lowest BCUT2D eigenvalue weighted by Crippen LogP contribution is -2.08. The van der Waals surface area contributed by atoms with Crippen molar-refractivity contribution in [1.29, 1.82) is 0 Å². The molecule has 152 valence electrons. The summed E-state index contributed by atoms with van der Waals surface area (Å²) in [6.07, 6.45) is 4.69. The summed E-state index contributed by atoms with van der Waals surface area (Å²) in [6, 6.07) is 24.2. The van der Waals surface area contributed by atoms with E-state index in [1.165, 1.54) is 5.56 Å². The number of hydrogen-bond acceptors (Lipinski definition) is 5. The molecule has 0 radical (unpaired) electrons. The number of fused-ring (bicyclic) bond motifs is 1. The average Bonchev–Trinajstić information content (AvgIpc) is 3.20. The van der Waals surface area contributed by atoms with Gasteiger partial charge >= 0.3 is 0 Å². The molecule has 0 unspecified atom stereocenters. The van der Waals surface area contributed by atoms with E-state index in [0.29, 0.717) is 5.95 Å². The minimum Gasteiger partial charge on any atom is -0.354 e. The maximum Gasteiger partial charge on any atom is 0.223 e. The quantitative estimate of drug-likeness (QED) is 0.438. The van der Waals surface area contributed by atoms with E-state index in [1.54, 1.807) is 6.20 Å². The second-order valence-electron chi connectivity index (χ2n) is 7.33. The summed E-state index contributed by atoms with van der Waals surface area (Å²) in [5.41, 5.74) is 6.43. The molecular weight excluding hydrogens is 384 g/mol. The van der Waals surface area contributed by atoms with Gasteiger partial charge in [-0.1, -0.05) is 42.5 Å². The van der Waals surface area contributed by atoms with Gasteiger partial charge in [0.05, 0.1) is 11.4 Å². The molecule has 5 aromatic rings. The lowest BCUT2D eigenvalue weighted by Gasteiger charge is -2.08. The van der Waals surface area contributed by atoms with Crippen molar-refractivity contribution in [2.75, 3.05) is 11.9 Å². The fourth-order valence-electron chi connectivity index (χ4n) is 3.63. The Bertz CT molecular complexity index is 1330. The molecule has 0 aliphatic heterocycles. The standard InChI is InChI=1S/C25H22N6/c1-18-8-7-11-20(28-18)23-24(31-17-6-5-12-22(31)30-23)21-14-16-27-25(29-21)26-15-13-19-9-3-2-4-10-19/h2-12,14,16-17H,13,15H2,1H3,(H,26,27,29).